The third-order valence-electron chi connectivity index (χ3n) is 5.16. The van der Waals surface area contributed by atoms with Crippen LogP contribution in [0.5, 0.6) is 5.75 Å². The Hall–Kier alpha value is -2.60. The zero-order valence-electron chi connectivity index (χ0n) is 16.1. The highest BCUT2D eigenvalue weighted by molar-refractivity contribution is 5.93. The van der Waals surface area contributed by atoms with Crippen molar-refractivity contribution in [2.75, 3.05) is 26.7 Å². The van der Waals surface area contributed by atoms with E-state index in [0.29, 0.717) is 11.5 Å². The molecule has 1 aliphatic heterocycles. The van der Waals surface area contributed by atoms with E-state index in [9.17, 15) is 4.79 Å². The van der Waals surface area contributed by atoms with Gasteiger partial charge in [-0.05, 0) is 44.3 Å². The molecule has 144 valence electrons. The number of likely N-dealkylation sites (tertiary alicyclic amines) is 1. The fraction of sp³-hybridized carbons (Fsp3) is 0.429. The fourth-order valence-corrected chi connectivity index (χ4v) is 3.67. The van der Waals surface area contributed by atoms with Gasteiger partial charge in [0.05, 0.1) is 18.4 Å². The molecule has 0 radical (unpaired) electrons. The van der Waals surface area contributed by atoms with Crippen LogP contribution in [0, 0.1) is 5.92 Å². The lowest BCUT2D eigenvalue weighted by molar-refractivity contribution is 0.0999. The van der Waals surface area contributed by atoms with E-state index in [-0.39, 0.29) is 0 Å². The van der Waals surface area contributed by atoms with Gasteiger partial charge >= 0.3 is 0 Å². The van der Waals surface area contributed by atoms with Crippen LogP contribution >= 0.6 is 0 Å². The molecule has 2 N–H and O–H groups in total. The molecule has 1 aromatic carbocycles. The van der Waals surface area contributed by atoms with Gasteiger partial charge < -0.3 is 10.5 Å². The van der Waals surface area contributed by atoms with Crippen LogP contribution in [0.3, 0.4) is 0 Å². The van der Waals surface area contributed by atoms with Gasteiger partial charge in [-0.15, -0.1) is 0 Å². The van der Waals surface area contributed by atoms with E-state index in [0.717, 1.165) is 55.9 Å². The summed E-state index contributed by atoms with van der Waals surface area (Å²) >= 11 is 0. The molecule has 0 aliphatic carbocycles. The number of hydrogen-bond acceptors (Lipinski definition) is 4. The number of benzene rings is 1. The summed E-state index contributed by atoms with van der Waals surface area (Å²) in [6, 6.07) is 8.03. The second kappa shape index (κ2) is 8.86. The topological polar surface area (TPSA) is 73.4 Å². The van der Waals surface area contributed by atoms with Crippen molar-refractivity contribution in [2.24, 2.45) is 18.7 Å². The molecule has 3 rings (SSSR count). The van der Waals surface area contributed by atoms with Crippen LogP contribution in [0.25, 0.3) is 6.08 Å². The Morgan fingerprint density at radius 3 is 2.78 bits per heavy atom. The van der Waals surface area contributed by atoms with Gasteiger partial charge in [0.2, 0.25) is 0 Å². The molecule has 1 aliphatic rings. The summed E-state index contributed by atoms with van der Waals surface area (Å²) in [6.07, 6.45) is 9.08. The van der Waals surface area contributed by atoms with E-state index < -0.39 is 5.91 Å². The molecule has 0 atom stereocenters. The number of rotatable bonds is 7. The summed E-state index contributed by atoms with van der Waals surface area (Å²) in [7, 11) is 3.52. The first-order chi connectivity index (χ1) is 13.1. The van der Waals surface area contributed by atoms with Crippen molar-refractivity contribution in [3.8, 4) is 5.75 Å². The molecule has 6 nitrogen and oxygen atoms in total. The third-order valence-corrected chi connectivity index (χ3v) is 5.16. The molecule has 0 saturated carbocycles. The molecule has 1 fully saturated rings. The molecule has 6 heteroatoms. The highest BCUT2D eigenvalue weighted by Crippen LogP contribution is 2.23. The molecule has 1 saturated heterocycles. The van der Waals surface area contributed by atoms with Crippen molar-refractivity contribution >= 4 is 12.0 Å². The number of methoxy groups -OCH3 is 1. The van der Waals surface area contributed by atoms with Crippen LogP contribution in [-0.4, -0.2) is 47.3 Å². The molecule has 1 amide bonds. The number of hydrogen-bond donors (Lipinski definition) is 1. The van der Waals surface area contributed by atoms with Crippen LogP contribution in [-0.2, 0) is 13.5 Å². The lowest BCUT2D eigenvalue weighted by Crippen LogP contribution is -2.34. The highest BCUT2D eigenvalue weighted by atomic mass is 16.5. The molecule has 27 heavy (non-hydrogen) atoms. The van der Waals surface area contributed by atoms with E-state index >= 15 is 0 Å². The summed E-state index contributed by atoms with van der Waals surface area (Å²) in [4.78, 5) is 14.0. The minimum absolute atomic E-state index is 0.392. The summed E-state index contributed by atoms with van der Waals surface area (Å²) in [5.41, 5.74) is 7.95. The monoisotopic (exact) mass is 368 g/mol. The maximum atomic E-state index is 11.6. The predicted molar refractivity (Wildman–Crippen MR) is 107 cm³/mol. The lowest BCUT2D eigenvalue weighted by atomic mass is 9.91. The minimum atomic E-state index is -0.392. The number of aromatic nitrogens is 2. The average molecular weight is 368 g/mol. The molecule has 0 bridgehead atoms. The summed E-state index contributed by atoms with van der Waals surface area (Å²) in [6.45, 7) is 3.04. The number of piperidine rings is 1. The van der Waals surface area contributed by atoms with E-state index in [1.807, 2.05) is 25.2 Å². The molecule has 1 aromatic heterocycles. The molecule has 2 heterocycles. The number of ether oxygens (including phenoxy) is 1. The Labute approximate surface area is 160 Å². The molecular formula is C21H28N4O2. The maximum absolute atomic E-state index is 11.6. The van der Waals surface area contributed by atoms with Crippen molar-refractivity contribution in [3.05, 3.63) is 53.4 Å². The zero-order chi connectivity index (χ0) is 19.2. The van der Waals surface area contributed by atoms with Crippen molar-refractivity contribution in [1.29, 1.82) is 0 Å². The molecular weight excluding hydrogens is 340 g/mol. The standard InChI is InChI=1S/C21H28N4O2/c1-24-15-18(21(22)26)19(23-24)14-16-9-12-25(13-10-16)11-5-7-17-6-3-4-8-20(17)27-2/h3-8,15-16H,9-14H2,1-2H3,(H2,22,26)/b7-5+. The van der Waals surface area contributed by atoms with Crippen molar-refractivity contribution < 1.29 is 9.53 Å². The van der Waals surface area contributed by atoms with Crippen LogP contribution in [0.4, 0.5) is 0 Å². The Morgan fingerprint density at radius 2 is 2.07 bits per heavy atom. The smallest absolute Gasteiger partial charge is 0.252 e. The fourth-order valence-electron chi connectivity index (χ4n) is 3.67. The number of nitrogens with two attached hydrogens (primary N) is 1. The normalized spacial score (nSPS) is 16.1. The number of amides is 1. The van der Waals surface area contributed by atoms with Crippen molar-refractivity contribution in [1.82, 2.24) is 14.7 Å². The minimum Gasteiger partial charge on any atom is -0.496 e. The first kappa shape index (κ1) is 19.2. The SMILES string of the molecule is COc1ccccc1/C=C/CN1CCC(Cc2nn(C)cc2C(N)=O)CC1. The van der Waals surface area contributed by atoms with Gasteiger partial charge in [0.25, 0.3) is 5.91 Å². The Kier molecular flexibility index (Phi) is 6.29. The van der Waals surface area contributed by atoms with E-state index in [4.69, 9.17) is 10.5 Å². The Balaban J connectivity index is 1.49. The Bertz CT molecular complexity index is 804. The van der Waals surface area contributed by atoms with Crippen LogP contribution in [0.1, 0.15) is 34.5 Å². The summed E-state index contributed by atoms with van der Waals surface area (Å²) < 4.78 is 7.06. The van der Waals surface area contributed by atoms with E-state index in [1.165, 1.54) is 0 Å². The maximum Gasteiger partial charge on any atom is 0.252 e. The van der Waals surface area contributed by atoms with Crippen LogP contribution < -0.4 is 10.5 Å². The van der Waals surface area contributed by atoms with Crippen LogP contribution in [0.15, 0.2) is 36.5 Å². The number of carbonyl (C=O) groups is 1. The Morgan fingerprint density at radius 1 is 1.33 bits per heavy atom. The van der Waals surface area contributed by atoms with Gasteiger partial charge in [0, 0.05) is 25.4 Å². The van der Waals surface area contributed by atoms with E-state index in [1.54, 1.807) is 18.0 Å². The van der Waals surface area contributed by atoms with Crippen LogP contribution in [0.2, 0.25) is 0 Å². The average Bonchev–Trinajstić information content (AvgIpc) is 3.04. The second-order valence-electron chi connectivity index (χ2n) is 7.12. The number of nitrogens with zero attached hydrogens (tertiary/aromatic N) is 3. The molecule has 2 aromatic rings. The van der Waals surface area contributed by atoms with Gasteiger partial charge in [-0.2, -0.15) is 5.10 Å². The molecule has 0 spiro atoms. The predicted octanol–water partition coefficient (Wildman–Crippen LogP) is 2.50. The summed E-state index contributed by atoms with van der Waals surface area (Å²) in [5, 5.41) is 4.42. The van der Waals surface area contributed by atoms with Gasteiger partial charge in [-0.1, -0.05) is 30.4 Å². The number of para-hydroxylation sites is 1. The number of aryl methyl sites for hydroxylation is 1. The molecule has 0 unspecified atom stereocenters. The van der Waals surface area contributed by atoms with Gasteiger partial charge in [-0.25, -0.2) is 0 Å². The van der Waals surface area contributed by atoms with E-state index in [2.05, 4.69) is 28.2 Å². The third kappa shape index (κ3) is 4.98. The first-order valence-corrected chi connectivity index (χ1v) is 9.41. The largest absolute Gasteiger partial charge is 0.496 e. The van der Waals surface area contributed by atoms with Crippen molar-refractivity contribution in [2.45, 2.75) is 19.3 Å². The zero-order valence-corrected chi connectivity index (χ0v) is 16.1. The highest BCUT2D eigenvalue weighted by Gasteiger charge is 2.22. The summed E-state index contributed by atoms with van der Waals surface area (Å²) in [5.74, 6) is 1.05. The van der Waals surface area contributed by atoms with Crippen molar-refractivity contribution in [3.63, 3.8) is 0 Å². The number of primary amides is 1. The quantitative estimate of drug-likeness (QED) is 0.815. The number of carbonyl (C=O) groups excluding carboxylic acids is 1. The lowest BCUT2D eigenvalue weighted by Gasteiger charge is -2.31. The van der Waals surface area contributed by atoms with Gasteiger partial charge in [-0.3, -0.25) is 14.4 Å². The van der Waals surface area contributed by atoms with Gasteiger partial charge in [0.15, 0.2) is 0 Å². The second-order valence-corrected chi connectivity index (χ2v) is 7.12. The first-order valence-electron chi connectivity index (χ1n) is 9.41. The van der Waals surface area contributed by atoms with Gasteiger partial charge in [0.1, 0.15) is 5.75 Å².